The van der Waals surface area contributed by atoms with E-state index in [0.717, 1.165) is 37.9 Å². The van der Waals surface area contributed by atoms with E-state index >= 15 is 0 Å². The molecule has 1 aromatic carbocycles. The van der Waals surface area contributed by atoms with Gasteiger partial charge in [0.05, 0.1) is 5.54 Å². The number of nitrogens with one attached hydrogen (secondary N) is 1. The molecule has 1 aromatic heterocycles. The number of aromatic amines is 1. The van der Waals surface area contributed by atoms with Crippen molar-refractivity contribution in [3.8, 4) is 0 Å². The molecule has 1 aliphatic carbocycles. The molecule has 112 valence electrons. The number of carbonyl (C=O) groups is 1. The number of benzene rings is 1. The summed E-state index contributed by atoms with van der Waals surface area (Å²) in [7, 11) is 0. The normalized spacial score (nSPS) is 30.0. The minimum atomic E-state index is -0.0590. The monoisotopic (exact) mass is 292 g/mol. The molecule has 0 amide bonds. The first-order chi connectivity index (χ1) is 10.7. The maximum absolute atomic E-state index is 12.0. The van der Waals surface area contributed by atoms with Crippen LogP contribution in [-0.4, -0.2) is 28.8 Å². The predicted octanol–water partition coefficient (Wildman–Crippen LogP) is 3.16. The van der Waals surface area contributed by atoms with Gasteiger partial charge < -0.3 is 4.98 Å². The molecule has 1 spiro atoms. The van der Waals surface area contributed by atoms with Gasteiger partial charge in [-0.15, -0.1) is 0 Å². The molecule has 3 heteroatoms. The highest BCUT2D eigenvalue weighted by atomic mass is 16.1. The molecule has 1 saturated heterocycles. The second kappa shape index (κ2) is 4.11. The second-order valence-electron chi connectivity index (χ2n) is 7.14. The molecule has 1 N–H and O–H groups in total. The van der Waals surface area contributed by atoms with Crippen LogP contribution in [0, 0.1) is 5.92 Å². The number of fused-ring (bicyclic) bond motifs is 4. The van der Waals surface area contributed by atoms with Crippen molar-refractivity contribution in [1.29, 1.82) is 0 Å². The number of allylic oxidation sites excluding steroid dienone is 1. The molecule has 3 aliphatic rings. The molecule has 3 heterocycles. The summed E-state index contributed by atoms with van der Waals surface area (Å²) in [6.45, 7) is 3.95. The Balaban J connectivity index is 1.79. The topological polar surface area (TPSA) is 36.1 Å². The van der Waals surface area contributed by atoms with Gasteiger partial charge in [0.2, 0.25) is 0 Å². The van der Waals surface area contributed by atoms with Gasteiger partial charge >= 0.3 is 0 Å². The Morgan fingerprint density at radius 3 is 3.09 bits per heavy atom. The van der Waals surface area contributed by atoms with Gasteiger partial charge in [0.15, 0.2) is 5.78 Å². The fraction of sp³-hybridized carbons (Fsp3) is 0.421. The number of Topliss-reactive ketones (excluding diaryl/α,β-unsaturated/α-hetero) is 1. The summed E-state index contributed by atoms with van der Waals surface area (Å²) in [5.41, 5.74) is 5.02. The van der Waals surface area contributed by atoms with Gasteiger partial charge in [-0.1, -0.05) is 24.3 Å². The van der Waals surface area contributed by atoms with Gasteiger partial charge in [-0.05, 0) is 49.3 Å². The number of carbonyl (C=O) groups excluding carboxylic acids is 1. The number of H-pyrrole nitrogens is 1. The number of para-hydroxylation sites is 1. The van der Waals surface area contributed by atoms with E-state index in [2.05, 4.69) is 40.2 Å². The molecule has 22 heavy (non-hydrogen) atoms. The van der Waals surface area contributed by atoms with Crippen LogP contribution in [0.25, 0.3) is 10.9 Å². The minimum Gasteiger partial charge on any atom is -0.356 e. The van der Waals surface area contributed by atoms with Crippen molar-refractivity contribution < 1.29 is 4.79 Å². The first kappa shape index (κ1) is 12.7. The first-order valence-corrected chi connectivity index (χ1v) is 8.25. The van der Waals surface area contributed by atoms with E-state index in [-0.39, 0.29) is 11.3 Å². The third kappa shape index (κ3) is 1.47. The molecule has 0 unspecified atom stereocenters. The third-order valence-corrected chi connectivity index (χ3v) is 5.89. The number of nitrogens with zero attached hydrogens (tertiary/aromatic N) is 1. The predicted molar refractivity (Wildman–Crippen MR) is 86.7 cm³/mol. The molecule has 2 bridgehead atoms. The van der Waals surface area contributed by atoms with Crippen LogP contribution in [0.3, 0.4) is 0 Å². The molecule has 0 saturated carbocycles. The van der Waals surface area contributed by atoms with Crippen molar-refractivity contribution >= 4 is 16.7 Å². The van der Waals surface area contributed by atoms with Gasteiger partial charge in [0.1, 0.15) is 0 Å². The van der Waals surface area contributed by atoms with E-state index in [4.69, 9.17) is 0 Å². The van der Waals surface area contributed by atoms with Crippen LogP contribution >= 0.6 is 0 Å². The Hall–Kier alpha value is -1.87. The summed E-state index contributed by atoms with van der Waals surface area (Å²) in [5, 5.41) is 1.36. The molecule has 3 nitrogen and oxygen atoms in total. The summed E-state index contributed by atoms with van der Waals surface area (Å²) in [4.78, 5) is 18.3. The zero-order chi connectivity index (χ0) is 14.9. The Morgan fingerprint density at radius 2 is 2.23 bits per heavy atom. The van der Waals surface area contributed by atoms with Crippen LogP contribution in [-0.2, 0) is 16.8 Å². The lowest BCUT2D eigenvalue weighted by atomic mass is 9.76. The van der Waals surface area contributed by atoms with E-state index in [1.807, 2.05) is 0 Å². The van der Waals surface area contributed by atoms with Gasteiger partial charge in [-0.3, -0.25) is 9.69 Å². The van der Waals surface area contributed by atoms with Gasteiger partial charge in [0, 0.05) is 29.7 Å². The summed E-state index contributed by atoms with van der Waals surface area (Å²) in [5.74, 6) is 0.871. The first-order valence-electron chi connectivity index (χ1n) is 8.25. The Labute approximate surface area is 130 Å². The third-order valence-electron chi connectivity index (χ3n) is 5.89. The summed E-state index contributed by atoms with van der Waals surface area (Å²) in [6, 6.07) is 8.60. The zero-order valence-corrected chi connectivity index (χ0v) is 12.9. The molecule has 2 atom stereocenters. The van der Waals surface area contributed by atoms with E-state index in [1.165, 1.54) is 22.2 Å². The Morgan fingerprint density at radius 1 is 1.36 bits per heavy atom. The van der Waals surface area contributed by atoms with Gasteiger partial charge in [-0.2, -0.15) is 0 Å². The highest BCUT2D eigenvalue weighted by Crippen LogP contribution is 2.52. The van der Waals surface area contributed by atoms with Crippen molar-refractivity contribution in [3.05, 3.63) is 47.2 Å². The Bertz CT molecular complexity index is 831. The fourth-order valence-electron chi connectivity index (χ4n) is 5.00. The lowest BCUT2D eigenvalue weighted by molar-refractivity contribution is -0.114. The van der Waals surface area contributed by atoms with Crippen LogP contribution in [0.1, 0.15) is 31.0 Å². The van der Waals surface area contributed by atoms with Crippen molar-refractivity contribution in [3.63, 3.8) is 0 Å². The van der Waals surface area contributed by atoms with Gasteiger partial charge in [0.25, 0.3) is 0 Å². The smallest absolute Gasteiger partial charge is 0.155 e. The maximum atomic E-state index is 12.0. The molecule has 5 rings (SSSR count). The highest BCUT2D eigenvalue weighted by Gasteiger charge is 2.52. The maximum Gasteiger partial charge on any atom is 0.155 e. The summed E-state index contributed by atoms with van der Waals surface area (Å²) in [6.07, 6.45) is 5.51. The summed E-state index contributed by atoms with van der Waals surface area (Å²) >= 11 is 0. The van der Waals surface area contributed by atoms with Gasteiger partial charge in [-0.25, -0.2) is 0 Å². The standard InChI is InChI=1S/C19H20N2O/c1-12(22)14-8-13-9-19(10-14)18-16(6-7-21(19)11-13)15-4-2-3-5-17(15)20-18/h2-5,10,13,20H,6-9,11H2,1H3/t13-,19-/m1/s1. The van der Waals surface area contributed by atoms with Crippen molar-refractivity contribution in [2.45, 2.75) is 31.7 Å². The van der Waals surface area contributed by atoms with Crippen LogP contribution in [0.4, 0.5) is 0 Å². The largest absolute Gasteiger partial charge is 0.356 e. The lowest BCUT2D eigenvalue weighted by Crippen LogP contribution is -2.45. The molecule has 0 radical (unpaired) electrons. The fourth-order valence-corrected chi connectivity index (χ4v) is 5.00. The van der Waals surface area contributed by atoms with Crippen molar-refractivity contribution in [1.82, 2.24) is 9.88 Å². The number of ketones is 1. The van der Waals surface area contributed by atoms with Crippen LogP contribution in [0.2, 0.25) is 0 Å². The number of hydrogen-bond donors (Lipinski definition) is 1. The van der Waals surface area contributed by atoms with E-state index in [0.29, 0.717) is 5.92 Å². The number of rotatable bonds is 1. The molecule has 2 aromatic rings. The second-order valence-corrected chi connectivity index (χ2v) is 7.14. The quantitative estimate of drug-likeness (QED) is 0.876. The Kier molecular flexibility index (Phi) is 2.36. The van der Waals surface area contributed by atoms with Crippen LogP contribution in [0.15, 0.2) is 35.9 Å². The SMILES string of the molecule is CC(=O)C1=C[C@@]23C[C@@H](C1)CN2CCc1c3[nH]c2ccccc12. The van der Waals surface area contributed by atoms with Crippen molar-refractivity contribution in [2.75, 3.05) is 13.1 Å². The number of aromatic nitrogens is 1. The highest BCUT2D eigenvalue weighted by molar-refractivity contribution is 5.94. The van der Waals surface area contributed by atoms with Crippen molar-refractivity contribution in [2.24, 2.45) is 5.92 Å². The van der Waals surface area contributed by atoms with Crippen LogP contribution < -0.4 is 0 Å². The van der Waals surface area contributed by atoms with E-state index in [1.54, 1.807) is 6.92 Å². The van der Waals surface area contributed by atoms with Crippen LogP contribution in [0.5, 0.6) is 0 Å². The zero-order valence-electron chi connectivity index (χ0n) is 12.9. The molecular weight excluding hydrogens is 272 g/mol. The molecule has 2 aliphatic heterocycles. The average Bonchev–Trinajstić information content (AvgIpc) is 3.01. The molecular formula is C19H20N2O. The summed E-state index contributed by atoms with van der Waals surface area (Å²) < 4.78 is 0. The number of hydrogen-bond acceptors (Lipinski definition) is 2. The molecule has 1 fully saturated rings. The minimum absolute atomic E-state index is 0.0590. The van der Waals surface area contributed by atoms with E-state index < -0.39 is 0 Å². The average molecular weight is 292 g/mol. The van der Waals surface area contributed by atoms with E-state index in [9.17, 15) is 4.79 Å². The lowest BCUT2D eigenvalue weighted by Gasteiger charge is -2.41.